The minimum atomic E-state index is -1.72. The van der Waals surface area contributed by atoms with Crippen LogP contribution in [0.15, 0.2) is 48.5 Å². The highest BCUT2D eigenvalue weighted by atomic mass is 127. The van der Waals surface area contributed by atoms with Gasteiger partial charge in [0.25, 0.3) is 0 Å². The van der Waals surface area contributed by atoms with Crippen LogP contribution in [0.4, 0.5) is 20.2 Å². The number of carbonyl (C=O) groups is 3. The molecule has 12 heteroatoms. The van der Waals surface area contributed by atoms with Crippen molar-refractivity contribution < 1.29 is 27.9 Å². The molecule has 1 saturated heterocycles. The molecule has 0 saturated carbocycles. The molecule has 1 spiro atoms. The highest BCUT2D eigenvalue weighted by molar-refractivity contribution is 14.1. The second-order valence-corrected chi connectivity index (χ2v) is 13.5. The fourth-order valence-corrected chi connectivity index (χ4v) is 7.36. The molecular weight excluding hydrogens is 705 g/mol. The number of rotatable bonds is 7. The number of ether oxygens (including phenoxy) is 1. The molecule has 2 heterocycles. The number of primary amides is 1. The van der Waals surface area contributed by atoms with Crippen LogP contribution in [0.1, 0.15) is 60.2 Å². The Kier molecular flexibility index (Phi) is 8.69. The maximum absolute atomic E-state index is 16.3. The molecule has 5 rings (SSSR count). The lowest BCUT2D eigenvalue weighted by Gasteiger charge is -2.38. The van der Waals surface area contributed by atoms with Crippen molar-refractivity contribution in [1.29, 1.82) is 0 Å². The van der Waals surface area contributed by atoms with Crippen LogP contribution in [0, 0.1) is 17.0 Å². The Morgan fingerprint density at radius 2 is 1.89 bits per heavy atom. The number of nitrogens with one attached hydrogen (secondary N) is 3. The molecule has 4 atom stereocenters. The number of nitrogens with two attached hydrogens (primary N) is 1. The molecule has 0 aliphatic carbocycles. The van der Waals surface area contributed by atoms with Crippen LogP contribution in [-0.2, 0) is 19.4 Å². The number of alkyl halides is 1. The smallest absolute Gasteiger partial charge is 0.248 e. The lowest BCUT2D eigenvalue weighted by atomic mass is 9.62. The molecule has 0 bridgehead atoms. The van der Waals surface area contributed by atoms with Crippen molar-refractivity contribution in [1.82, 2.24) is 5.32 Å². The summed E-state index contributed by atoms with van der Waals surface area (Å²) in [5.74, 6) is -4.14. The Hall–Kier alpha value is -3.29. The van der Waals surface area contributed by atoms with E-state index in [-0.39, 0.29) is 44.3 Å². The highest BCUT2D eigenvalue weighted by Crippen LogP contribution is 2.58. The summed E-state index contributed by atoms with van der Waals surface area (Å²) >= 11 is 8.24. The van der Waals surface area contributed by atoms with Crippen molar-refractivity contribution >= 4 is 63.3 Å². The van der Waals surface area contributed by atoms with Gasteiger partial charge in [0.15, 0.2) is 0 Å². The fraction of sp³-hybridized carbons (Fsp3) is 0.344. The molecule has 232 valence electrons. The summed E-state index contributed by atoms with van der Waals surface area (Å²) in [5.41, 5.74) is 4.42. The maximum Gasteiger partial charge on any atom is 0.248 e. The van der Waals surface area contributed by atoms with Crippen LogP contribution in [0.25, 0.3) is 0 Å². The largest absolute Gasteiger partial charge is 0.495 e. The molecule has 2 aliphatic heterocycles. The lowest BCUT2D eigenvalue weighted by Crippen LogP contribution is -2.50. The normalized spacial score (nSPS) is 22.5. The van der Waals surface area contributed by atoms with Gasteiger partial charge in [-0.1, -0.05) is 73.2 Å². The van der Waals surface area contributed by atoms with Crippen molar-refractivity contribution in [3.8, 4) is 5.75 Å². The Labute approximate surface area is 272 Å². The van der Waals surface area contributed by atoms with Crippen molar-refractivity contribution in [3.63, 3.8) is 0 Å². The number of fused-ring (bicyclic) bond motifs is 2. The fourth-order valence-electron chi connectivity index (χ4n) is 6.57. The van der Waals surface area contributed by atoms with Gasteiger partial charge in [0, 0.05) is 38.2 Å². The molecular formula is C32H32ClF2IN4O4. The van der Waals surface area contributed by atoms with Gasteiger partial charge in [-0.2, -0.15) is 0 Å². The second-order valence-electron chi connectivity index (χ2n) is 12.3. The van der Waals surface area contributed by atoms with Crippen molar-refractivity contribution in [2.75, 3.05) is 17.7 Å². The summed E-state index contributed by atoms with van der Waals surface area (Å²) < 4.78 is 38.1. The van der Waals surface area contributed by atoms with Gasteiger partial charge >= 0.3 is 0 Å². The first kappa shape index (κ1) is 32.1. The van der Waals surface area contributed by atoms with E-state index in [1.54, 1.807) is 18.2 Å². The quantitative estimate of drug-likeness (QED) is 0.174. The zero-order valence-corrected chi connectivity index (χ0v) is 27.4. The molecule has 8 nitrogen and oxygen atoms in total. The molecule has 44 heavy (non-hydrogen) atoms. The van der Waals surface area contributed by atoms with E-state index in [2.05, 4.69) is 16.0 Å². The summed E-state index contributed by atoms with van der Waals surface area (Å²) in [6, 6.07) is 9.76. The number of hydrogen-bond donors (Lipinski definition) is 4. The molecule has 3 aromatic carbocycles. The van der Waals surface area contributed by atoms with Crippen molar-refractivity contribution in [2.24, 2.45) is 11.1 Å². The highest BCUT2D eigenvalue weighted by Gasteiger charge is 2.67. The predicted molar refractivity (Wildman–Crippen MR) is 174 cm³/mol. The Bertz CT molecular complexity index is 1680. The zero-order chi connectivity index (χ0) is 32.1. The average Bonchev–Trinajstić information content (AvgIpc) is 3.42. The first-order valence-corrected chi connectivity index (χ1v) is 15.8. The molecule has 0 unspecified atom stereocenters. The average molecular weight is 737 g/mol. The summed E-state index contributed by atoms with van der Waals surface area (Å²) in [6.45, 7) is 5.91. The van der Waals surface area contributed by atoms with Crippen molar-refractivity contribution in [2.45, 2.75) is 55.0 Å². The van der Waals surface area contributed by atoms with E-state index in [1.165, 1.54) is 31.4 Å². The third-order valence-electron chi connectivity index (χ3n) is 8.28. The monoisotopic (exact) mass is 736 g/mol. The number of halogens is 4. The van der Waals surface area contributed by atoms with Gasteiger partial charge in [0.05, 0.1) is 18.8 Å². The van der Waals surface area contributed by atoms with E-state index in [0.717, 1.165) is 6.07 Å². The van der Waals surface area contributed by atoms with Gasteiger partial charge in [-0.3, -0.25) is 14.4 Å². The standard InChI is InChI=1S/C32H32ClF2IN4O4/c1-31(2,3)13-23-32(25-19(34)11-17(33)12-21(25)39-30(32)43)24(18-7-5-6-16(14-36)26(18)35)27(40-23)29(42)38-20-9-8-15(28(37)41)10-22(20)44-4/h5-12,23-24,27,40H,13-14H2,1-4H3,(H2,37,41)(H,38,42)(H,39,43)/t23-,24-,27+,32+/m0/s1. The van der Waals surface area contributed by atoms with Gasteiger partial charge < -0.3 is 26.4 Å². The third kappa shape index (κ3) is 5.43. The minimum absolute atomic E-state index is 0.0385. The Morgan fingerprint density at radius 1 is 1.16 bits per heavy atom. The van der Waals surface area contributed by atoms with E-state index < -0.39 is 52.8 Å². The molecule has 3 amide bonds. The Balaban J connectivity index is 1.74. The minimum Gasteiger partial charge on any atom is -0.495 e. The maximum atomic E-state index is 16.3. The molecule has 1 fully saturated rings. The van der Waals surface area contributed by atoms with Crippen LogP contribution < -0.4 is 26.4 Å². The molecule has 3 aromatic rings. The number of amides is 3. The molecule has 5 N–H and O–H groups in total. The zero-order valence-electron chi connectivity index (χ0n) is 24.5. The summed E-state index contributed by atoms with van der Waals surface area (Å²) in [7, 11) is 1.37. The van der Waals surface area contributed by atoms with Gasteiger partial charge in [0.2, 0.25) is 17.7 Å². The Morgan fingerprint density at radius 3 is 2.52 bits per heavy atom. The number of anilines is 2. The van der Waals surface area contributed by atoms with Crippen molar-refractivity contribution in [3.05, 3.63) is 87.4 Å². The van der Waals surface area contributed by atoms with Gasteiger partial charge in [-0.15, -0.1) is 0 Å². The second kappa shape index (κ2) is 11.9. The van der Waals surface area contributed by atoms with E-state index in [4.69, 9.17) is 22.1 Å². The van der Waals surface area contributed by atoms with E-state index in [0.29, 0.717) is 16.4 Å². The summed E-state index contributed by atoms with van der Waals surface area (Å²) in [5, 5.41) is 9.05. The number of methoxy groups -OCH3 is 1. The summed E-state index contributed by atoms with van der Waals surface area (Å²) in [6.07, 6.45) is 0.340. The lowest BCUT2D eigenvalue weighted by molar-refractivity contribution is -0.122. The van der Waals surface area contributed by atoms with E-state index >= 15 is 8.78 Å². The number of benzene rings is 3. The topological polar surface area (TPSA) is 123 Å². The summed E-state index contributed by atoms with van der Waals surface area (Å²) in [4.78, 5) is 40.3. The van der Waals surface area contributed by atoms with Crippen LogP contribution >= 0.6 is 34.2 Å². The molecule has 0 aromatic heterocycles. The third-order valence-corrected chi connectivity index (χ3v) is 9.32. The molecule has 2 aliphatic rings. The van der Waals surface area contributed by atoms with Crippen LogP contribution in [0.5, 0.6) is 5.75 Å². The van der Waals surface area contributed by atoms with Gasteiger partial charge in [-0.25, -0.2) is 8.78 Å². The van der Waals surface area contributed by atoms with Crippen LogP contribution in [0.2, 0.25) is 5.02 Å². The first-order chi connectivity index (χ1) is 20.7. The van der Waals surface area contributed by atoms with Crippen LogP contribution in [0.3, 0.4) is 0 Å². The molecule has 0 radical (unpaired) electrons. The van der Waals surface area contributed by atoms with Gasteiger partial charge in [-0.05, 0) is 53.3 Å². The van der Waals surface area contributed by atoms with Crippen LogP contribution in [-0.4, -0.2) is 36.9 Å². The van der Waals surface area contributed by atoms with Gasteiger partial charge in [0.1, 0.15) is 22.8 Å². The van der Waals surface area contributed by atoms with E-state index in [1.807, 2.05) is 43.4 Å². The SMILES string of the molecule is COc1cc(C(N)=O)ccc1NC(=O)[C@@H]1N[C@@H](CC(C)(C)C)[C@@]2(C(=O)Nc3cc(Cl)cc(F)c32)[C@H]1c1cccc(CI)c1F. The van der Waals surface area contributed by atoms with E-state index in [9.17, 15) is 14.4 Å². The predicted octanol–water partition coefficient (Wildman–Crippen LogP) is 6.05. The first-order valence-electron chi connectivity index (χ1n) is 13.9. The number of carbonyl (C=O) groups excluding carboxylic acids is 3. The number of hydrogen-bond acceptors (Lipinski definition) is 5.